The molecule has 1 N–H and O–H groups in total. The number of hydrogen-bond donors (Lipinski definition) is 1. The predicted molar refractivity (Wildman–Crippen MR) is 154 cm³/mol. The van der Waals surface area contributed by atoms with Crippen LogP contribution in [0.4, 0.5) is 4.39 Å². The molecule has 2 heterocycles. The zero-order valence-corrected chi connectivity index (χ0v) is 23.7. The fourth-order valence-electron chi connectivity index (χ4n) is 5.63. The first-order chi connectivity index (χ1) is 18.9. The molecular formula is C31H37ClFN3O3. The Morgan fingerprint density at radius 2 is 1.95 bits per heavy atom. The molecule has 3 aromatic carbocycles. The molecule has 0 spiro atoms. The van der Waals surface area contributed by atoms with Gasteiger partial charge in [-0.15, -0.1) is 0 Å². The van der Waals surface area contributed by atoms with Crippen LogP contribution in [0.5, 0.6) is 5.75 Å². The first kappa shape index (κ1) is 27.8. The number of fused-ring (bicyclic) bond motifs is 2. The third kappa shape index (κ3) is 5.92. The van der Waals surface area contributed by atoms with Crippen LogP contribution in [0, 0.1) is 11.7 Å². The molecule has 2 aliphatic heterocycles. The summed E-state index contributed by atoms with van der Waals surface area (Å²) in [5.74, 6) is -0.338. The van der Waals surface area contributed by atoms with Gasteiger partial charge in [-0.05, 0) is 74.4 Å². The van der Waals surface area contributed by atoms with E-state index < -0.39 is 12.0 Å². The largest absolute Gasteiger partial charge is 0.508 e. The third-order valence-corrected chi connectivity index (χ3v) is 7.99. The average Bonchev–Trinajstić information content (AvgIpc) is 3.08. The van der Waals surface area contributed by atoms with Gasteiger partial charge >= 0.3 is 0 Å². The van der Waals surface area contributed by atoms with Crippen molar-refractivity contribution in [2.24, 2.45) is 10.9 Å². The molecule has 5 rings (SSSR count). The Bertz CT molecular complexity index is 1460. The van der Waals surface area contributed by atoms with Crippen LogP contribution in [0.25, 0.3) is 27.6 Å². The van der Waals surface area contributed by atoms with E-state index in [1.807, 2.05) is 44.4 Å². The molecule has 208 valence electrons. The Morgan fingerprint density at radius 1 is 1.18 bits per heavy atom. The van der Waals surface area contributed by atoms with Crippen molar-refractivity contribution in [1.82, 2.24) is 9.80 Å². The molecule has 0 aromatic heterocycles. The summed E-state index contributed by atoms with van der Waals surface area (Å²) < 4.78 is 28.8. The molecule has 0 radical (unpaired) electrons. The summed E-state index contributed by atoms with van der Waals surface area (Å²) in [6, 6.07) is 12.7. The molecule has 0 aliphatic carbocycles. The van der Waals surface area contributed by atoms with Crippen molar-refractivity contribution in [2.75, 3.05) is 53.6 Å². The molecule has 0 bridgehead atoms. The zero-order valence-electron chi connectivity index (χ0n) is 22.9. The van der Waals surface area contributed by atoms with Gasteiger partial charge in [-0.2, -0.15) is 0 Å². The fourth-order valence-corrected chi connectivity index (χ4v) is 5.93. The van der Waals surface area contributed by atoms with Gasteiger partial charge in [0, 0.05) is 35.5 Å². The van der Waals surface area contributed by atoms with Gasteiger partial charge in [0.05, 0.1) is 24.8 Å². The van der Waals surface area contributed by atoms with Crippen LogP contribution in [0.15, 0.2) is 47.5 Å². The van der Waals surface area contributed by atoms with Crippen molar-refractivity contribution in [1.29, 1.82) is 0 Å². The Hall–Kier alpha value is -2.71. The van der Waals surface area contributed by atoms with E-state index in [1.165, 1.54) is 0 Å². The first-order valence-corrected chi connectivity index (χ1v) is 14.1. The SMILES string of the molecule is CCC1CC(N2CCOCC2)=c2cc(Cl)c(-c3cc(O)cc4ccccc34)c(F)c2=NC1OCCCN(C)C. The zero-order chi connectivity index (χ0) is 27.5. The Kier molecular flexibility index (Phi) is 8.72. The Morgan fingerprint density at radius 3 is 2.69 bits per heavy atom. The summed E-state index contributed by atoms with van der Waals surface area (Å²) in [4.78, 5) is 9.38. The highest BCUT2D eigenvalue weighted by Gasteiger charge is 2.29. The lowest BCUT2D eigenvalue weighted by atomic mass is 9.95. The Balaban J connectivity index is 1.72. The molecule has 1 saturated heterocycles. The van der Waals surface area contributed by atoms with Gasteiger partial charge in [-0.1, -0.05) is 42.8 Å². The number of nitrogens with zero attached hydrogens (tertiary/aromatic N) is 3. The highest BCUT2D eigenvalue weighted by atomic mass is 35.5. The second kappa shape index (κ2) is 12.2. The van der Waals surface area contributed by atoms with Gasteiger partial charge in [0.25, 0.3) is 0 Å². The molecule has 3 aromatic rings. The van der Waals surface area contributed by atoms with Crippen molar-refractivity contribution in [3.05, 3.63) is 63.9 Å². The topological polar surface area (TPSA) is 57.5 Å². The number of rotatable bonds is 8. The number of halogens is 2. The average molecular weight is 554 g/mol. The monoisotopic (exact) mass is 553 g/mol. The van der Waals surface area contributed by atoms with Crippen molar-refractivity contribution in [2.45, 2.75) is 32.4 Å². The first-order valence-electron chi connectivity index (χ1n) is 13.8. The highest BCUT2D eigenvalue weighted by Crippen LogP contribution is 2.37. The summed E-state index contributed by atoms with van der Waals surface area (Å²) in [6.45, 7) is 6.31. The van der Waals surface area contributed by atoms with Crippen LogP contribution in [0.1, 0.15) is 26.2 Å². The van der Waals surface area contributed by atoms with E-state index in [-0.39, 0.29) is 22.6 Å². The van der Waals surface area contributed by atoms with Gasteiger partial charge in [-0.25, -0.2) is 4.39 Å². The molecule has 2 aliphatic rings. The molecule has 8 heteroatoms. The van der Waals surface area contributed by atoms with Gasteiger partial charge in [-0.3, -0.25) is 4.99 Å². The fraction of sp³-hybridized carbons (Fsp3) is 0.452. The number of hydrogen-bond acceptors (Lipinski definition) is 6. The lowest BCUT2D eigenvalue weighted by molar-refractivity contribution is 0.0107. The summed E-state index contributed by atoms with van der Waals surface area (Å²) >= 11 is 6.89. The summed E-state index contributed by atoms with van der Waals surface area (Å²) in [6.07, 6.45) is 1.96. The number of aromatic hydroxyl groups is 1. The number of benzene rings is 3. The predicted octanol–water partition coefficient (Wildman–Crippen LogP) is 4.79. The molecule has 2 unspecified atom stereocenters. The van der Waals surface area contributed by atoms with Crippen LogP contribution in [0.2, 0.25) is 5.02 Å². The lowest BCUT2D eigenvalue weighted by Gasteiger charge is -2.33. The molecule has 0 saturated carbocycles. The summed E-state index contributed by atoms with van der Waals surface area (Å²) in [7, 11) is 4.08. The number of morpholine rings is 1. The van der Waals surface area contributed by atoms with Crippen LogP contribution < -0.4 is 10.6 Å². The highest BCUT2D eigenvalue weighted by molar-refractivity contribution is 6.33. The standard InChI is InChI=1S/C31H37ClFN3O3/c1-4-20-17-27(36-11-14-38-15-12-36)25-19-26(32)28(24-18-22(37)16-21-8-5-6-9-23(21)24)29(33)30(25)34-31(20)39-13-7-10-35(2)3/h5-6,8-9,16,18-20,31,37H,4,7,10-15,17H2,1-3H3. The minimum Gasteiger partial charge on any atom is -0.508 e. The number of phenolic OH excluding ortho intramolecular Hbond substituents is 1. The maximum atomic E-state index is 16.8. The number of phenols is 1. The van der Waals surface area contributed by atoms with Crippen molar-refractivity contribution in [3.63, 3.8) is 0 Å². The molecular weight excluding hydrogens is 517 g/mol. The van der Waals surface area contributed by atoms with Crippen LogP contribution in [0.3, 0.4) is 0 Å². The lowest BCUT2D eigenvalue weighted by Crippen LogP contribution is -2.41. The van der Waals surface area contributed by atoms with Crippen molar-refractivity contribution < 1.29 is 19.0 Å². The summed E-state index contributed by atoms with van der Waals surface area (Å²) in [5.41, 5.74) is 1.82. The van der Waals surface area contributed by atoms with E-state index in [4.69, 9.17) is 26.1 Å². The van der Waals surface area contributed by atoms with Gasteiger partial charge in [0.15, 0.2) is 12.0 Å². The maximum absolute atomic E-state index is 16.8. The van der Waals surface area contributed by atoms with E-state index in [1.54, 1.807) is 12.1 Å². The van der Waals surface area contributed by atoms with Crippen molar-refractivity contribution in [3.8, 4) is 16.9 Å². The second-order valence-corrected chi connectivity index (χ2v) is 11.0. The molecule has 0 amide bonds. The smallest absolute Gasteiger partial charge is 0.158 e. The summed E-state index contributed by atoms with van der Waals surface area (Å²) in [5, 5.41) is 13.4. The maximum Gasteiger partial charge on any atom is 0.158 e. The van der Waals surface area contributed by atoms with E-state index in [0.717, 1.165) is 55.4 Å². The molecule has 2 atom stereocenters. The second-order valence-electron chi connectivity index (χ2n) is 10.6. The van der Waals surface area contributed by atoms with E-state index in [2.05, 4.69) is 16.7 Å². The normalized spacial score (nSPS) is 19.7. The quantitative estimate of drug-likeness (QED) is 0.407. The Labute approximate surface area is 234 Å². The van der Waals surface area contributed by atoms with Crippen LogP contribution in [-0.2, 0) is 9.47 Å². The van der Waals surface area contributed by atoms with Gasteiger partial charge < -0.3 is 24.4 Å². The molecule has 6 nitrogen and oxygen atoms in total. The van der Waals surface area contributed by atoms with Gasteiger partial charge in [0.1, 0.15) is 11.1 Å². The number of ether oxygens (including phenoxy) is 2. The van der Waals surface area contributed by atoms with E-state index in [0.29, 0.717) is 35.6 Å². The van der Waals surface area contributed by atoms with Gasteiger partial charge in [0.2, 0.25) is 0 Å². The minimum absolute atomic E-state index is 0.0553. The van der Waals surface area contributed by atoms with E-state index in [9.17, 15) is 5.11 Å². The third-order valence-electron chi connectivity index (χ3n) is 7.69. The van der Waals surface area contributed by atoms with Crippen LogP contribution in [-0.4, -0.2) is 74.7 Å². The van der Waals surface area contributed by atoms with Crippen LogP contribution >= 0.6 is 11.6 Å². The van der Waals surface area contributed by atoms with Crippen molar-refractivity contribution >= 4 is 28.1 Å². The molecule has 1 fully saturated rings. The molecule has 39 heavy (non-hydrogen) atoms. The minimum atomic E-state index is -0.488. The van der Waals surface area contributed by atoms with E-state index >= 15 is 4.39 Å².